The number of hydrogen-bond acceptors (Lipinski definition) is 2. The zero-order chi connectivity index (χ0) is 21.5. The third kappa shape index (κ3) is 4.20. The largest absolute Gasteiger partial charge is 1.00 e. The molecule has 3 heterocycles. The Kier molecular flexibility index (Phi) is 6.02. The number of fused-ring (bicyclic) bond motifs is 3. The Bertz CT molecular complexity index is 1330. The number of para-hydroxylation sites is 2. The highest BCUT2D eigenvalue weighted by Gasteiger charge is 2.28. The van der Waals surface area contributed by atoms with Gasteiger partial charge in [-0.1, -0.05) is 41.9 Å². The predicted molar refractivity (Wildman–Crippen MR) is 132 cm³/mol. The first-order chi connectivity index (χ1) is 15.7. The second-order valence-electron chi connectivity index (χ2n) is 8.46. The molecule has 0 aliphatic carbocycles. The summed E-state index contributed by atoms with van der Waals surface area (Å²) in [6, 6.07) is 23.0. The van der Waals surface area contributed by atoms with Crippen molar-refractivity contribution in [2.24, 2.45) is 0 Å². The van der Waals surface area contributed by atoms with Gasteiger partial charge in [-0.15, -0.1) is 0 Å². The van der Waals surface area contributed by atoms with Gasteiger partial charge in [-0.25, -0.2) is 5.32 Å². The standard InChI is InChI=1S/C26H24ClN5.ClH/c27-19-9-10-24-25(15-19)30-26(21-6-2-4-8-23(21)29-24)32-13-11-31(12-14-32)17-18-16-28-22-7-3-1-5-20(18)22;/h1-10,15-16,28H,11-14,17H2,(H,29,30);1H. The third-order valence-corrected chi connectivity index (χ3v) is 6.68. The number of hydrogen-bond donors (Lipinski definition) is 3. The van der Waals surface area contributed by atoms with Crippen molar-refractivity contribution in [1.29, 1.82) is 0 Å². The summed E-state index contributed by atoms with van der Waals surface area (Å²) < 4.78 is 2.46. The van der Waals surface area contributed by atoms with E-state index >= 15 is 0 Å². The molecule has 3 aromatic carbocycles. The lowest BCUT2D eigenvalue weighted by Gasteiger charge is -2.28. The molecule has 33 heavy (non-hydrogen) atoms. The number of H-pyrrole nitrogens is 1. The lowest BCUT2D eigenvalue weighted by molar-refractivity contribution is -0.539. The molecule has 6 rings (SSSR count). The SMILES string of the molecule is Clc1ccc2c(c1)NC(=[N+]1CCN(Cc3c[nH]c4ccccc34)CC1)c1ccccc1N2.[Cl-]. The number of nitrogens with zero attached hydrogens (tertiary/aromatic N) is 2. The smallest absolute Gasteiger partial charge is 0.284 e. The molecule has 0 radical (unpaired) electrons. The van der Waals surface area contributed by atoms with Crippen LogP contribution in [0.5, 0.6) is 0 Å². The summed E-state index contributed by atoms with van der Waals surface area (Å²) in [5.74, 6) is 1.14. The van der Waals surface area contributed by atoms with Crippen molar-refractivity contribution in [3.63, 3.8) is 0 Å². The van der Waals surface area contributed by atoms with Crippen LogP contribution in [0, 0.1) is 0 Å². The molecule has 2 aliphatic rings. The highest BCUT2D eigenvalue weighted by molar-refractivity contribution is 6.31. The molecule has 0 bridgehead atoms. The van der Waals surface area contributed by atoms with Crippen LogP contribution in [0.4, 0.5) is 17.1 Å². The molecule has 0 amide bonds. The van der Waals surface area contributed by atoms with E-state index < -0.39 is 0 Å². The van der Waals surface area contributed by atoms with Gasteiger partial charge in [0.25, 0.3) is 5.84 Å². The number of aromatic amines is 1. The highest BCUT2D eigenvalue weighted by atomic mass is 35.5. The summed E-state index contributed by atoms with van der Waals surface area (Å²) in [7, 11) is 0. The fourth-order valence-corrected chi connectivity index (χ4v) is 4.92. The summed E-state index contributed by atoms with van der Waals surface area (Å²) in [5, 5.41) is 9.31. The molecule has 5 nitrogen and oxygen atoms in total. The lowest BCUT2D eigenvalue weighted by Crippen LogP contribution is -3.00. The molecule has 7 heteroatoms. The lowest BCUT2D eigenvalue weighted by atomic mass is 10.1. The normalized spacial score (nSPS) is 15.7. The van der Waals surface area contributed by atoms with Crippen LogP contribution in [0.1, 0.15) is 11.1 Å². The number of benzene rings is 3. The van der Waals surface area contributed by atoms with Crippen LogP contribution in [0.15, 0.2) is 72.9 Å². The van der Waals surface area contributed by atoms with Crippen LogP contribution in [0.2, 0.25) is 5.02 Å². The van der Waals surface area contributed by atoms with E-state index in [-0.39, 0.29) is 12.4 Å². The molecule has 1 fully saturated rings. The molecule has 2 aliphatic heterocycles. The van der Waals surface area contributed by atoms with Crippen LogP contribution < -0.4 is 23.0 Å². The number of halogens is 2. The van der Waals surface area contributed by atoms with Gasteiger partial charge < -0.3 is 22.7 Å². The number of piperazine rings is 1. The number of aromatic nitrogens is 1. The van der Waals surface area contributed by atoms with Crippen molar-refractivity contribution in [3.05, 3.63) is 89.1 Å². The number of nitrogens with one attached hydrogen (secondary N) is 3. The van der Waals surface area contributed by atoms with Crippen molar-refractivity contribution in [3.8, 4) is 0 Å². The summed E-state index contributed by atoms with van der Waals surface area (Å²) in [5.41, 5.74) is 6.91. The number of rotatable bonds is 2. The summed E-state index contributed by atoms with van der Waals surface area (Å²) in [6.45, 7) is 4.94. The molecule has 3 N–H and O–H groups in total. The first kappa shape index (κ1) is 21.8. The van der Waals surface area contributed by atoms with Gasteiger partial charge in [0, 0.05) is 47.8 Å². The average molecular weight is 478 g/mol. The molecule has 1 aromatic heterocycles. The van der Waals surface area contributed by atoms with Crippen molar-refractivity contribution in [1.82, 2.24) is 9.88 Å². The van der Waals surface area contributed by atoms with E-state index in [1.165, 1.54) is 22.0 Å². The van der Waals surface area contributed by atoms with Gasteiger partial charge in [0.15, 0.2) is 0 Å². The van der Waals surface area contributed by atoms with E-state index in [0.717, 1.165) is 60.6 Å². The molecule has 0 unspecified atom stereocenters. The van der Waals surface area contributed by atoms with Gasteiger partial charge in [0.1, 0.15) is 5.69 Å². The highest BCUT2D eigenvalue weighted by Crippen LogP contribution is 2.34. The average Bonchev–Trinajstić information content (AvgIpc) is 3.15. The van der Waals surface area contributed by atoms with Gasteiger partial charge in [0.2, 0.25) is 0 Å². The maximum atomic E-state index is 6.30. The van der Waals surface area contributed by atoms with Crippen LogP contribution >= 0.6 is 11.6 Å². The maximum Gasteiger partial charge on any atom is 0.284 e. The maximum absolute atomic E-state index is 6.30. The Labute approximate surface area is 204 Å². The summed E-state index contributed by atoms with van der Waals surface area (Å²) in [6.07, 6.45) is 2.15. The summed E-state index contributed by atoms with van der Waals surface area (Å²) >= 11 is 6.30. The molecule has 168 valence electrons. The topological polar surface area (TPSA) is 46.1 Å². The first-order valence-corrected chi connectivity index (χ1v) is 11.4. The van der Waals surface area contributed by atoms with Gasteiger partial charge >= 0.3 is 0 Å². The fraction of sp³-hybridized carbons (Fsp3) is 0.192. The van der Waals surface area contributed by atoms with Gasteiger partial charge in [-0.05, 0) is 35.9 Å². The van der Waals surface area contributed by atoms with Gasteiger partial charge in [-0.2, -0.15) is 0 Å². The molecule has 0 spiro atoms. The van der Waals surface area contributed by atoms with Crippen LogP contribution in [-0.4, -0.2) is 46.5 Å². The Morgan fingerprint density at radius 2 is 1.64 bits per heavy atom. The number of amidine groups is 1. The van der Waals surface area contributed by atoms with E-state index in [1.807, 2.05) is 18.2 Å². The van der Waals surface area contributed by atoms with Gasteiger partial charge in [0.05, 0.1) is 30.0 Å². The van der Waals surface area contributed by atoms with E-state index in [0.29, 0.717) is 0 Å². The minimum Gasteiger partial charge on any atom is -1.00 e. The molecule has 0 saturated carbocycles. The van der Waals surface area contributed by atoms with Crippen molar-refractivity contribution >= 4 is 45.4 Å². The summed E-state index contributed by atoms with van der Waals surface area (Å²) in [4.78, 5) is 5.94. The Hall–Kier alpha value is -2.99. The molecule has 0 atom stereocenters. The third-order valence-electron chi connectivity index (χ3n) is 6.44. The quantitative estimate of drug-likeness (QED) is 0.388. The van der Waals surface area contributed by atoms with Crippen LogP contribution in [-0.2, 0) is 6.54 Å². The zero-order valence-corrected chi connectivity index (χ0v) is 19.6. The van der Waals surface area contributed by atoms with Gasteiger partial charge in [-0.3, -0.25) is 9.48 Å². The van der Waals surface area contributed by atoms with E-state index in [9.17, 15) is 0 Å². The predicted octanol–water partition coefficient (Wildman–Crippen LogP) is 2.27. The second-order valence-corrected chi connectivity index (χ2v) is 8.89. The van der Waals surface area contributed by atoms with Crippen LogP contribution in [0.3, 0.4) is 0 Å². The number of anilines is 3. The fourth-order valence-electron chi connectivity index (χ4n) is 4.75. The van der Waals surface area contributed by atoms with Crippen molar-refractivity contribution < 1.29 is 17.0 Å². The first-order valence-electron chi connectivity index (χ1n) is 11.1. The molecule has 1 saturated heterocycles. The molecular weight excluding hydrogens is 453 g/mol. The Morgan fingerprint density at radius 1 is 0.848 bits per heavy atom. The second kappa shape index (κ2) is 9.10. The zero-order valence-electron chi connectivity index (χ0n) is 18.1. The van der Waals surface area contributed by atoms with E-state index in [1.54, 1.807) is 0 Å². The van der Waals surface area contributed by atoms with Crippen molar-refractivity contribution in [2.45, 2.75) is 6.54 Å². The van der Waals surface area contributed by atoms with E-state index in [2.05, 4.69) is 79.8 Å². The molecule has 4 aromatic rings. The minimum absolute atomic E-state index is 0. The Morgan fingerprint density at radius 3 is 2.52 bits per heavy atom. The van der Waals surface area contributed by atoms with E-state index in [4.69, 9.17) is 11.6 Å². The molecular formula is C26H25Cl2N5. The minimum atomic E-state index is 0. The Balaban J connectivity index is 0.00000228. The van der Waals surface area contributed by atoms with Crippen molar-refractivity contribution in [2.75, 3.05) is 36.8 Å². The van der Waals surface area contributed by atoms with Crippen LogP contribution in [0.25, 0.3) is 10.9 Å². The monoisotopic (exact) mass is 477 g/mol.